The van der Waals surface area contributed by atoms with Crippen LogP contribution in [0.15, 0.2) is 54.6 Å². The van der Waals surface area contributed by atoms with Crippen LogP contribution in [0.25, 0.3) is 0 Å². The molecule has 1 aliphatic heterocycles. The molecule has 0 spiro atoms. The number of imide groups is 1. The van der Waals surface area contributed by atoms with Crippen LogP contribution >= 0.6 is 11.6 Å². The van der Waals surface area contributed by atoms with Gasteiger partial charge in [0, 0.05) is 36.4 Å². The normalized spacial score (nSPS) is 17.5. The van der Waals surface area contributed by atoms with E-state index in [4.69, 9.17) is 11.6 Å². The van der Waals surface area contributed by atoms with Crippen LogP contribution < -0.4 is 16.0 Å². The molecule has 3 rings (SSSR count). The third-order valence-corrected chi connectivity index (χ3v) is 4.45. The van der Waals surface area contributed by atoms with E-state index in [-0.39, 0.29) is 18.5 Å². The molecular weight excluding hydrogens is 352 g/mol. The Bertz CT molecular complexity index is 769. The van der Waals surface area contributed by atoms with E-state index in [1.54, 1.807) is 12.1 Å². The van der Waals surface area contributed by atoms with Gasteiger partial charge in [-0.2, -0.15) is 0 Å². The molecule has 6 nitrogen and oxygen atoms in total. The molecule has 1 heterocycles. The van der Waals surface area contributed by atoms with Crippen molar-refractivity contribution >= 4 is 29.2 Å². The first-order chi connectivity index (χ1) is 12.6. The molecule has 1 atom stereocenters. The predicted molar refractivity (Wildman–Crippen MR) is 102 cm³/mol. The summed E-state index contributed by atoms with van der Waals surface area (Å²) in [4.78, 5) is 26.3. The molecule has 2 aromatic rings. The second kappa shape index (κ2) is 8.80. The Labute approximate surface area is 157 Å². The molecule has 3 amide bonds. The van der Waals surface area contributed by atoms with E-state index in [9.17, 15) is 9.59 Å². The van der Waals surface area contributed by atoms with Gasteiger partial charge < -0.3 is 10.6 Å². The monoisotopic (exact) mass is 372 g/mol. The zero-order valence-electron chi connectivity index (χ0n) is 14.2. The van der Waals surface area contributed by atoms with E-state index in [0.29, 0.717) is 17.3 Å². The maximum atomic E-state index is 12.3. The van der Waals surface area contributed by atoms with Gasteiger partial charge in [-0.25, -0.2) is 4.79 Å². The number of hydrogen-bond donors (Lipinski definition) is 3. The number of nitrogens with one attached hydrogen (secondary N) is 3. The Balaban J connectivity index is 1.58. The van der Waals surface area contributed by atoms with Gasteiger partial charge in [-0.15, -0.1) is 0 Å². The number of carbonyl (C=O) groups is 2. The minimum Gasteiger partial charge on any atom is -0.314 e. The van der Waals surface area contributed by atoms with Crippen LogP contribution in [0, 0.1) is 0 Å². The fraction of sp³-hybridized carbons (Fsp3) is 0.263. The highest BCUT2D eigenvalue weighted by molar-refractivity contribution is 6.30. The quantitative estimate of drug-likeness (QED) is 0.771. The largest absolute Gasteiger partial charge is 0.325 e. The molecule has 7 heteroatoms. The predicted octanol–water partition coefficient (Wildman–Crippen LogP) is 2.63. The number of para-hydroxylation sites is 1. The Morgan fingerprint density at radius 3 is 2.73 bits per heavy atom. The van der Waals surface area contributed by atoms with E-state index in [1.165, 1.54) is 0 Å². The number of hydrogen-bond acceptors (Lipinski definition) is 4. The Morgan fingerprint density at radius 2 is 1.96 bits per heavy atom. The second-order valence-corrected chi connectivity index (χ2v) is 6.55. The van der Waals surface area contributed by atoms with Crippen molar-refractivity contribution in [3.63, 3.8) is 0 Å². The van der Waals surface area contributed by atoms with Crippen LogP contribution in [-0.2, 0) is 4.79 Å². The molecule has 0 saturated carbocycles. The van der Waals surface area contributed by atoms with E-state index in [0.717, 1.165) is 18.7 Å². The number of urea groups is 1. The van der Waals surface area contributed by atoms with Gasteiger partial charge in [-0.05, 0) is 29.8 Å². The number of benzene rings is 2. The number of amides is 3. The third-order valence-electron chi connectivity index (χ3n) is 4.22. The van der Waals surface area contributed by atoms with E-state index >= 15 is 0 Å². The van der Waals surface area contributed by atoms with Crippen molar-refractivity contribution in [3.05, 3.63) is 65.2 Å². The molecule has 0 radical (unpaired) electrons. The Morgan fingerprint density at radius 1 is 1.15 bits per heavy atom. The summed E-state index contributed by atoms with van der Waals surface area (Å²) in [6.45, 7) is 2.37. The summed E-state index contributed by atoms with van der Waals surface area (Å²) in [5.41, 5.74) is 1.68. The summed E-state index contributed by atoms with van der Waals surface area (Å²) in [5.74, 6) is -0.340. The van der Waals surface area contributed by atoms with Crippen LogP contribution in [0.3, 0.4) is 0 Å². The van der Waals surface area contributed by atoms with Crippen molar-refractivity contribution in [1.29, 1.82) is 0 Å². The van der Waals surface area contributed by atoms with Crippen molar-refractivity contribution < 1.29 is 9.59 Å². The first-order valence-corrected chi connectivity index (χ1v) is 8.86. The maximum absolute atomic E-state index is 12.3. The fourth-order valence-corrected chi connectivity index (χ4v) is 3.21. The van der Waals surface area contributed by atoms with Gasteiger partial charge in [0.15, 0.2) is 0 Å². The molecule has 0 aromatic heterocycles. The first kappa shape index (κ1) is 18.4. The molecule has 2 aromatic carbocycles. The van der Waals surface area contributed by atoms with Gasteiger partial charge >= 0.3 is 6.03 Å². The standard InChI is InChI=1S/C19H21ClN4O2/c20-15-6-4-5-14(11-15)17-12-21-9-10-24(17)13-18(25)23-19(26)22-16-7-2-1-3-8-16/h1-8,11,17,21H,9-10,12-13H2,(H2,22,23,25,26). The van der Waals surface area contributed by atoms with Crippen LogP contribution in [-0.4, -0.2) is 43.0 Å². The number of nitrogens with zero attached hydrogens (tertiary/aromatic N) is 1. The molecule has 1 fully saturated rings. The topological polar surface area (TPSA) is 73.5 Å². The van der Waals surface area contributed by atoms with E-state index < -0.39 is 6.03 Å². The van der Waals surface area contributed by atoms with Crippen molar-refractivity contribution in [2.75, 3.05) is 31.5 Å². The highest BCUT2D eigenvalue weighted by Gasteiger charge is 2.26. The first-order valence-electron chi connectivity index (χ1n) is 8.48. The van der Waals surface area contributed by atoms with Gasteiger partial charge in [-0.3, -0.25) is 15.0 Å². The van der Waals surface area contributed by atoms with Gasteiger partial charge in [0.2, 0.25) is 5.91 Å². The van der Waals surface area contributed by atoms with E-state index in [1.807, 2.05) is 47.4 Å². The van der Waals surface area contributed by atoms with Crippen molar-refractivity contribution in [3.8, 4) is 0 Å². The minimum absolute atomic E-state index is 0.0328. The number of piperazine rings is 1. The summed E-state index contributed by atoms with van der Waals surface area (Å²) in [6, 6.07) is 16.1. The Hall–Kier alpha value is -2.41. The lowest BCUT2D eigenvalue weighted by atomic mass is 10.0. The SMILES string of the molecule is O=C(CN1CCNCC1c1cccc(Cl)c1)NC(=O)Nc1ccccc1. The molecule has 1 aliphatic rings. The van der Waals surface area contributed by atoms with Crippen LogP contribution in [0.5, 0.6) is 0 Å². The second-order valence-electron chi connectivity index (χ2n) is 6.11. The van der Waals surface area contributed by atoms with Gasteiger partial charge in [0.25, 0.3) is 0 Å². The van der Waals surface area contributed by atoms with E-state index in [2.05, 4.69) is 16.0 Å². The number of rotatable bonds is 4. The molecule has 136 valence electrons. The summed E-state index contributed by atoms with van der Waals surface area (Å²) < 4.78 is 0. The smallest absolute Gasteiger partial charge is 0.314 e. The minimum atomic E-state index is -0.532. The van der Waals surface area contributed by atoms with Crippen LogP contribution in [0.1, 0.15) is 11.6 Å². The molecule has 26 heavy (non-hydrogen) atoms. The average Bonchev–Trinajstić information content (AvgIpc) is 2.62. The fourth-order valence-electron chi connectivity index (χ4n) is 3.01. The lowest BCUT2D eigenvalue weighted by Gasteiger charge is -2.36. The molecule has 1 unspecified atom stereocenters. The van der Waals surface area contributed by atoms with Gasteiger partial charge in [0.1, 0.15) is 0 Å². The van der Waals surface area contributed by atoms with Crippen molar-refractivity contribution in [2.24, 2.45) is 0 Å². The lowest BCUT2D eigenvalue weighted by molar-refractivity contribution is -0.121. The summed E-state index contributed by atoms with van der Waals surface area (Å²) >= 11 is 6.09. The molecule has 1 saturated heterocycles. The van der Waals surface area contributed by atoms with Crippen molar-refractivity contribution in [1.82, 2.24) is 15.5 Å². The van der Waals surface area contributed by atoms with Crippen LogP contribution in [0.4, 0.5) is 10.5 Å². The molecule has 0 aliphatic carbocycles. The maximum Gasteiger partial charge on any atom is 0.325 e. The molecule has 0 bridgehead atoms. The Kier molecular flexibility index (Phi) is 6.22. The zero-order valence-corrected chi connectivity index (χ0v) is 15.0. The highest BCUT2D eigenvalue weighted by atomic mass is 35.5. The summed E-state index contributed by atoms with van der Waals surface area (Å²) in [7, 11) is 0. The summed E-state index contributed by atoms with van der Waals surface area (Å²) in [5, 5.41) is 9.02. The third kappa shape index (κ3) is 5.05. The zero-order chi connectivity index (χ0) is 18.4. The number of halogens is 1. The average molecular weight is 373 g/mol. The summed E-state index contributed by atoms with van der Waals surface area (Å²) in [6.07, 6.45) is 0. The highest BCUT2D eigenvalue weighted by Crippen LogP contribution is 2.24. The van der Waals surface area contributed by atoms with Crippen molar-refractivity contribution in [2.45, 2.75) is 6.04 Å². The molecular formula is C19H21ClN4O2. The lowest BCUT2D eigenvalue weighted by Crippen LogP contribution is -2.50. The number of anilines is 1. The molecule has 3 N–H and O–H groups in total. The number of carbonyl (C=O) groups excluding carboxylic acids is 2. The van der Waals surface area contributed by atoms with Crippen LogP contribution in [0.2, 0.25) is 5.02 Å². The van der Waals surface area contributed by atoms with Gasteiger partial charge in [-0.1, -0.05) is 41.9 Å². The van der Waals surface area contributed by atoms with Gasteiger partial charge in [0.05, 0.1) is 6.54 Å².